The van der Waals surface area contributed by atoms with E-state index < -0.39 is 18.2 Å². The van der Waals surface area contributed by atoms with Gasteiger partial charge in [-0.05, 0) is 25.7 Å². The zero-order chi connectivity index (χ0) is 12.4. The van der Waals surface area contributed by atoms with Crippen molar-refractivity contribution in [2.45, 2.75) is 43.9 Å². The molecule has 0 spiro atoms. The van der Waals surface area contributed by atoms with Gasteiger partial charge in [0.1, 0.15) is 6.10 Å². The minimum atomic E-state index is -1.01. The van der Waals surface area contributed by atoms with Crippen LogP contribution < -0.4 is 0 Å². The van der Waals surface area contributed by atoms with Crippen LogP contribution in [-0.4, -0.2) is 58.4 Å². The monoisotopic (exact) mass is 243 g/mol. The van der Waals surface area contributed by atoms with E-state index in [1.807, 2.05) is 0 Å². The smallest absolute Gasteiger partial charge is 0.332 e. The lowest BCUT2D eigenvalue weighted by molar-refractivity contribution is -0.155. The molecular weight excluding hydrogens is 226 g/mol. The van der Waals surface area contributed by atoms with Crippen LogP contribution in [-0.2, 0) is 14.3 Å². The molecule has 0 aromatic rings. The van der Waals surface area contributed by atoms with Gasteiger partial charge in [0.2, 0.25) is 0 Å². The molecule has 2 rings (SSSR count). The van der Waals surface area contributed by atoms with Crippen LogP contribution in [0, 0.1) is 0 Å². The molecule has 96 valence electrons. The van der Waals surface area contributed by atoms with Gasteiger partial charge in [0.15, 0.2) is 6.10 Å². The number of aliphatic carboxylic acids is 1. The van der Waals surface area contributed by atoms with Crippen molar-refractivity contribution < 1.29 is 24.5 Å². The fourth-order valence-electron chi connectivity index (χ4n) is 2.50. The zero-order valence-corrected chi connectivity index (χ0v) is 9.54. The Morgan fingerprint density at radius 1 is 1.24 bits per heavy atom. The number of aliphatic hydroxyl groups excluding tert-OH is 1. The first-order valence-corrected chi connectivity index (χ1v) is 5.93. The summed E-state index contributed by atoms with van der Waals surface area (Å²) in [7, 11) is 0. The lowest BCUT2D eigenvalue weighted by Crippen LogP contribution is -2.43. The van der Waals surface area contributed by atoms with E-state index in [0.717, 1.165) is 12.8 Å². The van der Waals surface area contributed by atoms with Gasteiger partial charge in [-0.2, -0.15) is 0 Å². The average molecular weight is 243 g/mol. The normalized spacial score (nSPS) is 33.0. The number of carboxylic acid groups (broad SMARTS) is 1. The van der Waals surface area contributed by atoms with Crippen LogP contribution >= 0.6 is 0 Å². The summed E-state index contributed by atoms with van der Waals surface area (Å²) in [4.78, 5) is 24.4. The lowest BCUT2D eigenvalue weighted by atomic mass is 10.1. The van der Waals surface area contributed by atoms with E-state index in [2.05, 4.69) is 0 Å². The second-order valence-corrected chi connectivity index (χ2v) is 4.54. The number of carbonyl (C=O) groups excluding carboxylic acids is 1. The molecular formula is C11H17NO5. The summed E-state index contributed by atoms with van der Waals surface area (Å²) in [5.74, 6) is -1.19. The van der Waals surface area contributed by atoms with Crippen LogP contribution in [0.3, 0.4) is 0 Å². The number of carbonyl (C=O) groups is 2. The fourth-order valence-corrected chi connectivity index (χ4v) is 2.50. The average Bonchev–Trinajstić information content (AvgIpc) is 2.96. The molecule has 2 N–H and O–H groups in total. The predicted octanol–water partition coefficient (Wildman–Crippen LogP) is -0.398. The molecule has 0 bridgehead atoms. The summed E-state index contributed by atoms with van der Waals surface area (Å²) in [6, 6.07) is -0.130. The third-order valence-corrected chi connectivity index (χ3v) is 3.44. The Morgan fingerprint density at radius 2 is 1.94 bits per heavy atom. The number of hydrogen-bond donors (Lipinski definition) is 2. The van der Waals surface area contributed by atoms with E-state index in [4.69, 9.17) is 14.9 Å². The third kappa shape index (κ3) is 2.42. The molecule has 0 saturated carbocycles. The second kappa shape index (κ2) is 5.01. The molecule has 0 aromatic heterocycles. The van der Waals surface area contributed by atoms with Crippen molar-refractivity contribution in [3.05, 3.63) is 0 Å². The van der Waals surface area contributed by atoms with Crippen LogP contribution in [0.2, 0.25) is 0 Å². The molecule has 0 radical (unpaired) electrons. The van der Waals surface area contributed by atoms with Gasteiger partial charge in [0, 0.05) is 6.54 Å². The first-order chi connectivity index (χ1) is 8.13. The van der Waals surface area contributed by atoms with E-state index in [9.17, 15) is 9.59 Å². The van der Waals surface area contributed by atoms with Crippen LogP contribution in [0.4, 0.5) is 0 Å². The van der Waals surface area contributed by atoms with Crippen LogP contribution in [0.1, 0.15) is 25.7 Å². The first kappa shape index (κ1) is 12.3. The third-order valence-electron chi connectivity index (χ3n) is 3.44. The quantitative estimate of drug-likeness (QED) is 0.704. The van der Waals surface area contributed by atoms with E-state index in [1.54, 1.807) is 4.90 Å². The molecule has 0 aliphatic carbocycles. The van der Waals surface area contributed by atoms with Gasteiger partial charge in [-0.3, -0.25) is 4.79 Å². The van der Waals surface area contributed by atoms with Crippen LogP contribution in [0.25, 0.3) is 0 Å². The topological polar surface area (TPSA) is 87.1 Å². The molecule has 17 heavy (non-hydrogen) atoms. The summed E-state index contributed by atoms with van der Waals surface area (Å²) < 4.78 is 5.22. The van der Waals surface area contributed by atoms with Gasteiger partial charge < -0.3 is 19.8 Å². The molecule has 0 aromatic carbocycles. The Bertz CT molecular complexity index is 319. The van der Waals surface area contributed by atoms with Crippen LogP contribution in [0.15, 0.2) is 0 Å². The fraction of sp³-hybridized carbons (Fsp3) is 0.818. The van der Waals surface area contributed by atoms with Gasteiger partial charge in [0.05, 0.1) is 12.6 Å². The first-order valence-electron chi connectivity index (χ1n) is 5.93. The maximum absolute atomic E-state index is 12.1. The summed E-state index contributed by atoms with van der Waals surface area (Å²) in [6.45, 7) is 0.586. The maximum atomic E-state index is 12.1. The summed E-state index contributed by atoms with van der Waals surface area (Å²) in [5, 5.41) is 17.9. The van der Waals surface area contributed by atoms with Crippen molar-refractivity contribution in [3.8, 4) is 0 Å². The highest BCUT2D eigenvalue weighted by atomic mass is 16.5. The molecule has 6 heteroatoms. The van der Waals surface area contributed by atoms with Gasteiger partial charge >= 0.3 is 5.97 Å². The second-order valence-electron chi connectivity index (χ2n) is 4.54. The molecule has 2 heterocycles. The van der Waals surface area contributed by atoms with Crippen molar-refractivity contribution in [2.24, 2.45) is 0 Å². The molecule has 3 unspecified atom stereocenters. The molecule has 2 aliphatic rings. The number of amides is 1. The molecule has 1 amide bonds. The van der Waals surface area contributed by atoms with Crippen molar-refractivity contribution in [1.82, 2.24) is 4.90 Å². The molecule has 2 aliphatic heterocycles. The minimum Gasteiger partial charge on any atom is -0.479 e. The highest BCUT2D eigenvalue weighted by Gasteiger charge is 2.39. The Balaban J connectivity index is 1.95. The number of nitrogens with zero attached hydrogens (tertiary/aromatic N) is 1. The highest BCUT2D eigenvalue weighted by molar-refractivity contribution is 5.83. The maximum Gasteiger partial charge on any atom is 0.332 e. The summed E-state index contributed by atoms with van der Waals surface area (Å²) >= 11 is 0. The molecule has 3 atom stereocenters. The summed E-state index contributed by atoms with van der Waals surface area (Å²) in [5.41, 5.74) is 0. The van der Waals surface area contributed by atoms with Gasteiger partial charge in [-0.25, -0.2) is 4.79 Å². The minimum absolute atomic E-state index is 0.0409. The number of rotatable bonds is 3. The van der Waals surface area contributed by atoms with Crippen LogP contribution in [0.5, 0.6) is 0 Å². The van der Waals surface area contributed by atoms with Crippen molar-refractivity contribution in [2.75, 3.05) is 13.2 Å². The molecule has 2 fully saturated rings. The summed E-state index contributed by atoms with van der Waals surface area (Å²) in [6.07, 6.45) is 0.999. The Hall–Kier alpha value is -1.14. The van der Waals surface area contributed by atoms with Crippen molar-refractivity contribution in [3.63, 3.8) is 0 Å². The zero-order valence-electron chi connectivity index (χ0n) is 9.54. The highest BCUT2D eigenvalue weighted by Crippen LogP contribution is 2.25. The Kier molecular flexibility index (Phi) is 3.63. The molecule has 6 nitrogen and oxygen atoms in total. The Labute approximate surface area is 99.2 Å². The van der Waals surface area contributed by atoms with Gasteiger partial charge in [-0.15, -0.1) is 0 Å². The number of ether oxygens (including phenoxy) is 1. The van der Waals surface area contributed by atoms with E-state index in [-0.39, 0.29) is 18.6 Å². The Morgan fingerprint density at radius 3 is 2.53 bits per heavy atom. The number of aliphatic hydroxyl groups is 1. The van der Waals surface area contributed by atoms with E-state index in [1.165, 1.54) is 0 Å². The van der Waals surface area contributed by atoms with E-state index in [0.29, 0.717) is 19.4 Å². The SMILES string of the molecule is O=C(O)C1CCC(C(=O)N2CCCC2CO)O1. The predicted molar refractivity (Wildman–Crippen MR) is 57.4 cm³/mol. The largest absolute Gasteiger partial charge is 0.479 e. The van der Waals surface area contributed by atoms with E-state index >= 15 is 0 Å². The van der Waals surface area contributed by atoms with Gasteiger partial charge in [-0.1, -0.05) is 0 Å². The van der Waals surface area contributed by atoms with Gasteiger partial charge in [0.25, 0.3) is 5.91 Å². The lowest BCUT2D eigenvalue weighted by Gasteiger charge is -2.25. The van der Waals surface area contributed by atoms with Crippen molar-refractivity contribution >= 4 is 11.9 Å². The molecule has 2 saturated heterocycles. The number of likely N-dealkylation sites (tertiary alicyclic amines) is 1. The van der Waals surface area contributed by atoms with Crippen molar-refractivity contribution in [1.29, 1.82) is 0 Å². The number of carboxylic acids is 1. The number of hydrogen-bond acceptors (Lipinski definition) is 4. The standard InChI is InChI=1S/C11H17NO5/c13-6-7-2-1-5-12(7)10(14)8-3-4-9(17-8)11(15)16/h7-9,13H,1-6H2,(H,15,16).